The molecule has 1 amide bonds. The van der Waals surface area contributed by atoms with Crippen molar-refractivity contribution in [1.82, 2.24) is 0 Å². The molecule has 2 atom stereocenters. The third kappa shape index (κ3) is 4.87. The molecule has 0 heterocycles. The molecule has 1 fully saturated rings. The summed E-state index contributed by atoms with van der Waals surface area (Å²) < 4.78 is 11.4. The van der Waals surface area contributed by atoms with Gasteiger partial charge in [-0.1, -0.05) is 50.1 Å². The van der Waals surface area contributed by atoms with E-state index >= 15 is 0 Å². The van der Waals surface area contributed by atoms with Gasteiger partial charge in [0.25, 0.3) is 0 Å². The van der Waals surface area contributed by atoms with Crippen LogP contribution >= 0.6 is 11.6 Å². The van der Waals surface area contributed by atoms with Crippen LogP contribution in [-0.4, -0.2) is 19.3 Å². The predicted molar refractivity (Wildman–Crippen MR) is 119 cm³/mol. The summed E-state index contributed by atoms with van der Waals surface area (Å²) in [6.07, 6.45) is 3.86. The highest BCUT2D eigenvalue weighted by atomic mass is 35.5. The fourth-order valence-electron chi connectivity index (χ4n) is 4.33. The fraction of sp³-hybridized carbons (Fsp3) is 0.458. The van der Waals surface area contributed by atoms with Gasteiger partial charge in [0.1, 0.15) is 11.9 Å². The van der Waals surface area contributed by atoms with E-state index in [2.05, 4.69) is 19.2 Å². The lowest BCUT2D eigenvalue weighted by molar-refractivity contribution is 0.0277. The minimum Gasteiger partial charge on any atom is -0.496 e. The van der Waals surface area contributed by atoms with Gasteiger partial charge in [-0.15, -0.1) is 0 Å². The first-order chi connectivity index (χ1) is 13.9. The number of methoxy groups -OCH3 is 1. The van der Waals surface area contributed by atoms with Crippen molar-refractivity contribution in [3.8, 4) is 16.9 Å². The zero-order valence-electron chi connectivity index (χ0n) is 17.6. The molecule has 0 aliphatic heterocycles. The van der Waals surface area contributed by atoms with Crippen LogP contribution in [0, 0.1) is 18.8 Å². The molecule has 2 aromatic carbocycles. The second kappa shape index (κ2) is 9.53. The highest BCUT2D eigenvalue weighted by molar-refractivity contribution is 6.34. The Kier molecular flexibility index (Phi) is 7.07. The second-order valence-electron chi connectivity index (χ2n) is 8.08. The number of benzene rings is 2. The second-order valence-corrected chi connectivity index (χ2v) is 8.48. The van der Waals surface area contributed by atoms with Crippen molar-refractivity contribution in [2.75, 3.05) is 12.4 Å². The van der Waals surface area contributed by atoms with E-state index in [0.29, 0.717) is 28.3 Å². The van der Waals surface area contributed by atoms with Gasteiger partial charge in [0.15, 0.2) is 0 Å². The molecule has 29 heavy (non-hydrogen) atoms. The smallest absolute Gasteiger partial charge is 0.411 e. The fourth-order valence-corrected chi connectivity index (χ4v) is 4.59. The van der Waals surface area contributed by atoms with Gasteiger partial charge in [0, 0.05) is 11.1 Å². The monoisotopic (exact) mass is 415 g/mol. The van der Waals surface area contributed by atoms with Crippen molar-refractivity contribution >= 4 is 23.4 Å². The van der Waals surface area contributed by atoms with E-state index in [0.717, 1.165) is 36.0 Å². The number of ether oxygens (including phenoxy) is 2. The van der Waals surface area contributed by atoms with Crippen molar-refractivity contribution in [2.24, 2.45) is 11.8 Å². The van der Waals surface area contributed by atoms with Gasteiger partial charge < -0.3 is 9.47 Å². The maximum Gasteiger partial charge on any atom is 0.411 e. The minimum atomic E-state index is -0.432. The number of hydrogen-bond acceptors (Lipinski definition) is 3. The normalized spacial score (nSPS) is 19.1. The molecular formula is C24H30ClNO3. The van der Waals surface area contributed by atoms with E-state index in [9.17, 15) is 4.79 Å². The number of carbonyl (C=O) groups is 1. The summed E-state index contributed by atoms with van der Waals surface area (Å²) in [4.78, 5) is 12.8. The molecule has 4 nitrogen and oxygen atoms in total. The molecule has 3 rings (SSSR count). The number of aryl methyl sites for hydroxylation is 1. The quantitative estimate of drug-likeness (QED) is 0.567. The zero-order chi connectivity index (χ0) is 21.0. The summed E-state index contributed by atoms with van der Waals surface area (Å²) >= 11 is 6.56. The summed E-state index contributed by atoms with van der Waals surface area (Å²) in [6.45, 7) is 6.39. The molecule has 0 radical (unpaired) electrons. The zero-order valence-corrected chi connectivity index (χ0v) is 18.4. The van der Waals surface area contributed by atoms with Gasteiger partial charge >= 0.3 is 6.09 Å². The first-order valence-electron chi connectivity index (χ1n) is 10.3. The van der Waals surface area contributed by atoms with Crippen molar-refractivity contribution in [1.29, 1.82) is 0 Å². The molecule has 1 aliphatic rings. The number of nitrogens with one attached hydrogen (secondary N) is 1. The van der Waals surface area contributed by atoms with Crippen LogP contribution in [0.25, 0.3) is 11.1 Å². The van der Waals surface area contributed by atoms with Crippen LogP contribution in [0.4, 0.5) is 10.5 Å². The van der Waals surface area contributed by atoms with Gasteiger partial charge in [0.2, 0.25) is 0 Å². The first kappa shape index (κ1) is 21.5. The molecule has 1 saturated carbocycles. The largest absolute Gasteiger partial charge is 0.496 e. The van der Waals surface area contributed by atoms with Crippen molar-refractivity contribution in [2.45, 2.75) is 52.6 Å². The number of rotatable bonds is 5. The summed E-state index contributed by atoms with van der Waals surface area (Å²) in [5.41, 5.74) is 3.24. The number of halogens is 1. The lowest BCUT2D eigenvalue weighted by Gasteiger charge is -2.33. The topological polar surface area (TPSA) is 47.6 Å². The molecule has 0 spiro atoms. The summed E-state index contributed by atoms with van der Waals surface area (Å²) in [5.74, 6) is 1.61. The molecule has 1 N–H and O–H groups in total. The minimum absolute atomic E-state index is 0.0422. The molecule has 0 aromatic heterocycles. The maximum absolute atomic E-state index is 12.8. The van der Waals surface area contributed by atoms with Crippen LogP contribution < -0.4 is 10.1 Å². The number of carbonyl (C=O) groups excluding carboxylic acids is 1. The standard InChI is InChI=1S/C24H30ClNO3/c1-15(2)17-10-5-6-13-20(17)29-24(27)26-19-12-8-11-18(25)23(19)22-16(3)9-7-14-21(22)28-4/h7-9,11-12,14-15,17,20H,5-6,10,13H2,1-4H3,(H,26,27)/t17-,20+/m0/s1. The Morgan fingerprint density at radius 3 is 2.55 bits per heavy atom. The van der Waals surface area contributed by atoms with Gasteiger partial charge in [-0.05, 0) is 61.8 Å². The Labute approximate surface area is 178 Å². The van der Waals surface area contributed by atoms with Crippen LogP contribution in [0.1, 0.15) is 45.1 Å². The van der Waals surface area contributed by atoms with E-state index in [1.165, 1.54) is 6.42 Å². The average molecular weight is 416 g/mol. The lowest BCUT2D eigenvalue weighted by Crippen LogP contribution is -2.34. The highest BCUT2D eigenvalue weighted by Gasteiger charge is 2.30. The van der Waals surface area contributed by atoms with E-state index in [1.54, 1.807) is 7.11 Å². The van der Waals surface area contributed by atoms with Crippen LogP contribution in [0.3, 0.4) is 0 Å². The summed E-state index contributed by atoms with van der Waals surface area (Å²) in [7, 11) is 1.63. The van der Waals surface area contributed by atoms with Crippen LogP contribution in [0.15, 0.2) is 36.4 Å². The Hall–Kier alpha value is -2.20. The number of anilines is 1. The molecular weight excluding hydrogens is 386 g/mol. The van der Waals surface area contributed by atoms with Gasteiger partial charge in [-0.25, -0.2) is 4.79 Å². The van der Waals surface area contributed by atoms with Crippen molar-refractivity contribution < 1.29 is 14.3 Å². The van der Waals surface area contributed by atoms with Crippen LogP contribution in [0.2, 0.25) is 5.02 Å². The Morgan fingerprint density at radius 2 is 1.83 bits per heavy atom. The number of amides is 1. The van der Waals surface area contributed by atoms with Crippen LogP contribution in [-0.2, 0) is 4.74 Å². The SMILES string of the molecule is COc1cccc(C)c1-c1c(Cl)cccc1NC(=O)O[C@@H]1CCCC[C@H]1C(C)C. The van der Waals surface area contributed by atoms with Gasteiger partial charge in [-0.3, -0.25) is 5.32 Å². The first-order valence-corrected chi connectivity index (χ1v) is 10.7. The molecule has 2 aromatic rings. The third-order valence-corrected chi connectivity index (χ3v) is 6.14. The van der Waals surface area contributed by atoms with Gasteiger partial charge in [0.05, 0.1) is 17.8 Å². The number of hydrogen-bond donors (Lipinski definition) is 1. The van der Waals surface area contributed by atoms with E-state index in [-0.39, 0.29) is 6.10 Å². The average Bonchev–Trinajstić information content (AvgIpc) is 2.69. The van der Waals surface area contributed by atoms with E-state index in [1.807, 2.05) is 43.3 Å². The van der Waals surface area contributed by atoms with Crippen molar-refractivity contribution in [3.63, 3.8) is 0 Å². The predicted octanol–water partition coefficient (Wildman–Crippen LogP) is 7.09. The maximum atomic E-state index is 12.8. The van der Waals surface area contributed by atoms with Crippen molar-refractivity contribution in [3.05, 3.63) is 47.0 Å². The molecule has 0 saturated heterocycles. The highest BCUT2D eigenvalue weighted by Crippen LogP contribution is 2.42. The molecule has 1 aliphatic carbocycles. The molecule has 5 heteroatoms. The Bertz CT molecular complexity index is 865. The Morgan fingerprint density at radius 1 is 1.10 bits per heavy atom. The molecule has 0 unspecified atom stereocenters. The van der Waals surface area contributed by atoms with Gasteiger partial charge in [-0.2, -0.15) is 0 Å². The van der Waals surface area contributed by atoms with Crippen LogP contribution in [0.5, 0.6) is 5.75 Å². The molecule has 156 valence electrons. The van der Waals surface area contributed by atoms with E-state index < -0.39 is 6.09 Å². The summed E-state index contributed by atoms with van der Waals surface area (Å²) in [6, 6.07) is 11.3. The summed E-state index contributed by atoms with van der Waals surface area (Å²) in [5, 5.41) is 3.48. The molecule has 0 bridgehead atoms. The Balaban J connectivity index is 1.88. The third-order valence-electron chi connectivity index (χ3n) is 5.82. The lowest BCUT2D eigenvalue weighted by atomic mass is 9.79. The van der Waals surface area contributed by atoms with E-state index in [4.69, 9.17) is 21.1 Å².